The van der Waals surface area contributed by atoms with Gasteiger partial charge in [0.15, 0.2) is 0 Å². The molecule has 1 aromatic rings. The number of halogens is 1. The van der Waals surface area contributed by atoms with Crippen molar-refractivity contribution in [3.05, 3.63) is 33.8 Å². The fourth-order valence-electron chi connectivity index (χ4n) is 2.00. The predicted molar refractivity (Wildman–Crippen MR) is 76.7 cm³/mol. The number of hydrogen-bond donors (Lipinski definition) is 0. The highest BCUT2D eigenvalue weighted by Gasteiger charge is 2.25. The maximum atomic E-state index is 12.5. The highest BCUT2D eigenvalue weighted by molar-refractivity contribution is 9.10. The highest BCUT2D eigenvalue weighted by Crippen LogP contribution is 2.25. The Kier molecular flexibility index (Phi) is 4.15. The molecule has 0 saturated carbocycles. The largest absolute Gasteiger partial charge is 0.334 e. The van der Waals surface area contributed by atoms with Crippen molar-refractivity contribution < 1.29 is 4.79 Å². The molecule has 1 fully saturated rings. The summed E-state index contributed by atoms with van der Waals surface area (Å²) >= 11 is 5.44. The van der Waals surface area contributed by atoms with Crippen LogP contribution in [0.3, 0.4) is 0 Å². The van der Waals surface area contributed by atoms with E-state index in [1.807, 2.05) is 41.8 Å². The van der Waals surface area contributed by atoms with E-state index < -0.39 is 0 Å². The Balaban J connectivity index is 2.27. The van der Waals surface area contributed by atoms with Crippen LogP contribution in [0.4, 0.5) is 0 Å². The van der Waals surface area contributed by atoms with Gasteiger partial charge in [-0.2, -0.15) is 11.8 Å². The van der Waals surface area contributed by atoms with Gasteiger partial charge in [-0.3, -0.25) is 4.79 Å². The molecule has 2 rings (SSSR count). The number of rotatable bonds is 1. The molecule has 0 aliphatic carbocycles. The van der Waals surface area contributed by atoms with E-state index in [2.05, 4.69) is 22.9 Å². The van der Waals surface area contributed by atoms with Gasteiger partial charge in [-0.05, 0) is 41.4 Å². The number of thioether (sulfide) groups is 1. The Morgan fingerprint density at radius 2 is 2.29 bits per heavy atom. The maximum Gasteiger partial charge on any atom is 0.255 e. The first-order chi connectivity index (χ1) is 8.11. The minimum atomic E-state index is 0.147. The fourth-order valence-corrected chi connectivity index (χ4v) is 3.44. The van der Waals surface area contributed by atoms with E-state index in [4.69, 9.17) is 0 Å². The molecule has 4 heteroatoms. The molecule has 1 unspecified atom stereocenters. The van der Waals surface area contributed by atoms with E-state index >= 15 is 0 Å². The van der Waals surface area contributed by atoms with Crippen molar-refractivity contribution in [2.45, 2.75) is 19.9 Å². The monoisotopic (exact) mass is 313 g/mol. The number of carbonyl (C=O) groups is 1. The fraction of sp³-hybridized carbons (Fsp3) is 0.462. The molecule has 1 aromatic carbocycles. The number of amides is 1. The van der Waals surface area contributed by atoms with Crippen molar-refractivity contribution in [2.24, 2.45) is 0 Å². The Hall–Kier alpha value is -0.480. The summed E-state index contributed by atoms with van der Waals surface area (Å²) in [5.41, 5.74) is 1.89. The molecular formula is C13H16BrNOS. The van der Waals surface area contributed by atoms with E-state index in [0.717, 1.165) is 33.7 Å². The molecule has 1 amide bonds. The predicted octanol–water partition coefficient (Wildman–Crippen LogP) is 3.34. The van der Waals surface area contributed by atoms with Gasteiger partial charge >= 0.3 is 0 Å². The van der Waals surface area contributed by atoms with Crippen LogP contribution in [0.25, 0.3) is 0 Å². The van der Waals surface area contributed by atoms with Crippen molar-refractivity contribution in [1.29, 1.82) is 0 Å². The second-order valence-corrected chi connectivity index (χ2v) is 6.30. The van der Waals surface area contributed by atoms with E-state index in [-0.39, 0.29) is 5.91 Å². The van der Waals surface area contributed by atoms with Crippen LogP contribution in [0.15, 0.2) is 22.7 Å². The number of nitrogens with zero attached hydrogens (tertiary/aromatic N) is 1. The molecule has 17 heavy (non-hydrogen) atoms. The van der Waals surface area contributed by atoms with Crippen molar-refractivity contribution in [3.8, 4) is 0 Å². The first-order valence-electron chi connectivity index (χ1n) is 5.75. The Morgan fingerprint density at radius 3 is 3.00 bits per heavy atom. The van der Waals surface area contributed by atoms with E-state index in [1.54, 1.807) is 0 Å². The quantitative estimate of drug-likeness (QED) is 0.792. The van der Waals surface area contributed by atoms with Gasteiger partial charge in [0, 0.05) is 28.6 Å². The standard InChI is InChI=1S/C13H16BrNOS/c1-9-4-3-5-11(12(9)14)13(16)15-6-7-17-8-10(15)2/h3-5,10H,6-8H2,1-2H3. The van der Waals surface area contributed by atoms with Crippen LogP contribution in [0.1, 0.15) is 22.8 Å². The number of aryl methyl sites for hydroxylation is 1. The molecule has 2 nitrogen and oxygen atoms in total. The topological polar surface area (TPSA) is 20.3 Å². The lowest BCUT2D eigenvalue weighted by Crippen LogP contribution is -2.44. The van der Waals surface area contributed by atoms with Gasteiger partial charge in [-0.15, -0.1) is 0 Å². The van der Waals surface area contributed by atoms with Crippen molar-refractivity contribution >= 4 is 33.6 Å². The molecule has 0 aromatic heterocycles. The van der Waals surface area contributed by atoms with Crippen LogP contribution in [0.2, 0.25) is 0 Å². The average molecular weight is 314 g/mol. The third-order valence-corrected chi connectivity index (χ3v) is 5.29. The minimum absolute atomic E-state index is 0.147. The van der Waals surface area contributed by atoms with Crippen LogP contribution in [0.5, 0.6) is 0 Å². The molecule has 0 N–H and O–H groups in total. The molecule has 0 bridgehead atoms. The van der Waals surface area contributed by atoms with E-state index in [0.29, 0.717) is 6.04 Å². The first-order valence-corrected chi connectivity index (χ1v) is 7.70. The summed E-state index contributed by atoms with van der Waals surface area (Å²) in [6.07, 6.45) is 0. The summed E-state index contributed by atoms with van der Waals surface area (Å²) in [5, 5.41) is 0. The minimum Gasteiger partial charge on any atom is -0.334 e. The molecule has 1 aliphatic heterocycles. The van der Waals surface area contributed by atoms with Gasteiger partial charge < -0.3 is 4.90 Å². The molecular weight excluding hydrogens is 298 g/mol. The Labute approximate surface area is 115 Å². The lowest BCUT2D eigenvalue weighted by atomic mass is 10.1. The smallest absolute Gasteiger partial charge is 0.255 e. The summed E-state index contributed by atoms with van der Waals surface area (Å²) < 4.78 is 0.926. The van der Waals surface area contributed by atoms with Crippen molar-refractivity contribution in [2.75, 3.05) is 18.1 Å². The molecule has 1 heterocycles. The number of benzene rings is 1. The lowest BCUT2D eigenvalue weighted by Gasteiger charge is -2.33. The SMILES string of the molecule is Cc1cccc(C(=O)N2CCSCC2C)c1Br. The average Bonchev–Trinajstić information content (AvgIpc) is 2.32. The van der Waals surface area contributed by atoms with Crippen molar-refractivity contribution in [1.82, 2.24) is 4.90 Å². The van der Waals surface area contributed by atoms with Gasteiger partial charge in [0.05, 0.1) is 5.56 Å². The molecule has 0 spiro atoms. The molecule has 92 valence electrons. The summed E-state index contributed by atoms with van der Waals surface area (Å²) in [7, 11) is 0. The zero-order valence-corrected chi connectivity index (χ0v) is 12.5. The van der Waals surface area contributed by atoms with Crippen LogP contribution in [0, 0.1) is 6.92 Å². The second kappa shape index (κ2) is 5.44. The van der Waals surface area contributed by atoms with Gasteiger partial charge in [-0.1, -0.05) is 12.1 Å². The third kappa shape index (κ3) is 2.68. The number of carbonyl (C=O) groups excluding carboxylic acids is 1. The highest BCUT2D eigenvalue weighted by atomic mass is 79.9. The van der Waals surface area contributed by atoms with Crippen LogP contribution in [-0.4, -0.2) is 34.9 Å². The summed E-state index contributed by atoms with van der Waals surface area (Å²) in [4.78, 5) is 14.5. The lowest BCUT2D eigenvalue weighted by molar-refractivity contribution is 0.0715. The van der Waals surface area contributed by atoms with Gasteiger partial charge in [-0.25, -0.2) is 0 Å². The zero-order chi connectivity index (χ0) is 12.4. The molecule has 1 atom stereocenters. The van der Waals surface area contributed by atoms with Crippen LogP contribution >= 0.6 is 27.7 Å². The van der Waals surface area contributed by atoms with Crippen molar-refractivity contribution in [3.63, 3.8) is 0 Å². The van der Waals surface area contributed by atoms with E-state index in [1.165, 1.54) is 0 Å². The Bertz CT molecular complexity index is 435. The third-order valence-electron chi connectivity index (χ3n) is 3.05. The number of hydrogen-bond acceptors (Lipinski definition) is 2. The van der Waals surface area contributed by atoms with E-state index in [9.17, 15) is 4.79 Å². The van der Waals surface area contributed by atoms with Gasteiger partial charge in [0.25, 0.3) is 5.91 Å². The summed E-state index contributed by atoms with van der Waals surface area (Å²) in [5.74, 6) is 2.22. The van der Waals surface area contributed by atoms with Crippen LogP contribution < -0.4 is 0 Å². The molecule has 1 aliphatic rings. The molecule has 1 saturated heterocycles. The normalized spacial score (nSPS) is 20.4. The summed E-state index contributed by atoms with van der Waals surface area (Å²) in [6, 6.07) is 6.18. The maximum absolute atomic E-state index is 12.5. The Morgan fingerprint density at radius 1 is 1.53 bits per heavy atom. The zero-order valence-electron chi connectivity index (χ0n) is 10.1. The van der Waals surface area contributed by atoms with Gasteiger partial charge in [0.1, 0.15) is 0 Å². The second-order valence-electron chi connectivity index (χ2n) is 4.36. The van der Waals surface area contributed by atoms with Gasteiger partial charge in [0.2, 0.25) is 0 Å². The molecule has 0 radical (unpaired) electrons. The summed E-state index contributed by atoms with van der Waals surface area (Å²) in [6.45, 7) is 4.98. The first kappa shape index (κ1) is 13.0. The van der Waals surface area contributed by atoms with Crippen LogP contribution in [-0.2, 0) is 0 Å².